The summed E-state index contributed by atoms with van der Waals surface area (Å²) < 4.78 is 25.9. The van der Waals surface area contributed by atoms with E-state index in [0.717, 1.165) is 49.0 Å². The minimum Gasteiger partial charge on any atom is -0.216 e. The highest BCUT2D eigenvalue weighted by Gasteiger charge is 2.31. The van der Waals surface area contributed by atoms with Crippen LogP contribution in [-0.4, -0.2) is 0 Å². The Kier molecular flexibility index (Phi) is 9.37. The summed E-state index contributed by atoms with van der Waals surface area (Å²) in [5.41, 5.74) is 1.23. The highest BCUT2D eigenvalue weighted by Crippen LogP contribution is 2.44. The van der Waals surface area contributed by atoms with Crippen molar-refractivity contribution in [1.29, 1.82) is 5.26 Å². The van der Waals surface area contributed by atoms with Crippen LogP contribution in [0.1, 0.15) is 107 Å². The lowest BCUT2D eigenvalue weighted by molar-refractivity contribution is 0.155. The number of nitrogens with zero attached hydrogens (tertiary/aromatic N) is 1. The molecule has 3 rings (SSSR count). The molecule has 0 heterocycles. The molecule has 164 valence electrons. The zero-order valence-electron chi connectivity index (χ0n) is 18.3. The van der Waals surface area contributed by atoms with Gasteiger partial charge in [0.15, 0.2) is 0 Å². The van der Waals surface area contributed by atoms with Crippen molar-refractivity contribution in [2.75, 3.05) is 0 Å². The number of unbranched alkanes of at least 4 members (excludes halogenated alkanes) is 4. The van der Waals surface area contributed by atoms with Crippen molar-refractivity contribution in [2.45, 2.75) is 95.8 Å². The van der Waals surface area contributed by atoms with Crippen LogP contribution in [0.4, 0.5) is 8.78 Å². The predicted octanol–water partition coefficient (Wildman–Crippen LogP) is 8.60. The molecule has 2 aliphatic rings. The summed E-state index contributed by atoms with van der Waals surface area (Å²) in [4.78, 5) is 0. The first-order chi connectivity index (χ1) is 14.7. The molecule has 2 saturated carbocycles. The quantitative estimate of drug-likeness (QED) is 0.372. The number of benzene rings is 1. The standard InChI is InChI=1S/C27H37F2N/c28-18-6-4-2-1-3-5-7-21-8-10-22(11-9-21)23-12-14-24(15-13-23)25-16-17-26(20-30)27(29)19-25/h6,16-19,21-24H,1-5,7-15H2/b18-6+. The summed E-state index contributed by atoms with van der Waals surface area (Å²) in [5, 5.41) is 8.91. The molecule has 1 aromatic rings. The van der Waals surface area contributed by atoms with E-state index in [-0.39, 0.29) is 11.4 Å². The lowest BCUT2D eigenvalue weighted by Gasteiger charge is -2.38. The van der Waals surface area contributed by atoms with Crippen LogP contribution in [0.5, 0.6) is 0 Å². The molecular weight excluding hydrogens is 376 g/mol. The van der Waals surface area contributed by atoms with E-state index < -0.39 is 0 Å². The molecule has 0 unspecified atom stereocenters. The minimum atomic E-state index is -0.368. The second-order valence-corrected chi connectivity index (χ2v) is 9.60. The normalized spacial score (nSPS) is 27.2. The highest BCUT2D eigenvalue weighted by atomic mass is 19.1. The molecule has 0 aromatic heterocycles. The third-order valence-corrected chi connectivity index (χ3v) is 7.74. The maximum atomic E-state index is 14.0. The van der Waals surface area contributed by atoms with Gasteiger partial charge in [0, 0.05) is 0 Å². The number of halogens is 2. The van der Waals surface area contributed by atoms with Gasteiger partial charge < -0.3 is 0 Å². The Hall–Kier alpha value is -1.69. The second kappa shape index (κ2) is 12.2. The van der Waals surface area contributed by atoms with Crippen molar-refractivity contribution in [3.8, 4) is 6.07 Å². The van der Waals surface area contributed by atoms with Gasteiger partial charge in [-0.1, -0.05) is 50.7 Å². The first-order valence-electron chi connectivity index (χ1n) is 12.2. The molecule has 1 nitrogen and oxygen atoms in total. The Bertz CT molecular complexity index is 704. The fraction of sp³-hybridized carbons (Fsp3) is 0.667. The molecule has 0 N–H and O–H groups in total. The summed E-state index contributed by atoms with van der Waals surface area (Å²) in [7, 11) is 0. The van der Waals surface area contributed by atoms with Gasteiger partial charge in [0.1, 0.15) is 11.9 Å². The van der Waals surface area contributed by atoms with Crippen LogP contribution in [0.15, 0.2) is 30.6 Å². The molecule has 2 aliphatic carbocycles. The first kappa shape index (κ1) is 23.0. The highest BCUT2D eigenvalue weighted by molar-refractivity contribution is 5.34. The van der Waals surface area contributed by atoms with E-state index >= 15 is 0 Å². The number of hydrogen-bond acceptors (Lipinski definition) is 1. The van der Waals surface area contributed by atoms with E-state index in [2.05, 4.69) is 0 Å². The molecule has 0 radical (unpaired) electrons. The molecule has 30 heavy (non-hydrogen) atoms. The van der Waals surface area contributed by atoms with E-state index in [4.69, 9.17) is 5.26 Å². The van der Waals surface area contributed by atoms with Crippen LogP contribution in [-0.2, 0) is 0 Å². The van der Waals surface area contributed by atoms with Crippen molar-refractivity contribution in [3.63, 3.8) is 0 Å². The topological polar surface area (TPSA) is 23.8 Å². The Labute approximate surface area is 181 Å². The second-order valence-electron chi connectivity index (χ2n) is 9.60. The summed E-state index contributed by atoms with van der Waals surface area (Å²) in [6.45, 7) is 0. The largest absolute Gasteiger partial charge is 0.216 e. The third kappa shape index (κ3) is 6.66. The zero-order valence-corrected chi connectivity index (χ0v) is 18.3. The zero-order chi connectivity index (χ0) is 21.2. The van der Waals surface area contributed by atoms with Crippen molar-refractivity contribution >= 4 is 0 Å². The Morgan fingerprint density at radius 3 is 2.20 bits per heavy atom. The smallest absolute Gasteiger partial charge is 0.141 e. The minimum absolute atomic E-state index is 0.151. The predicted molar refractivity (Wildman–Crippen MR) is 119 cm³/mol. The third-order valence-electron chi connectivity index (χ3n) is 7.74. The van der Waals surface area contributed by atoms with Crippen LogP contribution >= 0.6 is 0 Å². The van der Waals surface area contributed by atoms with E-state index in [9.17, 15) is 8.78 Å². The Balaban J connectivity index is 1.33. The van der Waals surface area contributed by atoms with Gasteiger partial charge in [0.2, 0.25) is 0 Å². The van der Waals surface area contributed by atoms with E-state index in [0.29, 0.717) is 12.2 Å². The fourth-order valence-electron chi connectivity index (χ4n) is 5.86. The van der Waals surface area contributed by atoms with Gasteiger partial charge in [0.05, 0.1) is 11.9 Å². The molecular formula is C27H37F2N. The summed E-state index contributed by atoms with van der Waals surface area (Å²) in [6, 6.07) is 7.10. The monoisotopic (exact) mass is 413 g/mol. The SMILES string of the molecule is N#Cc1ccc(C2CCC(C3CCC(CCCCCC/C=C/F)CC3)CC2)cc1F. The van der Waals surface area contributed by atoms with Gasteiger partial charge in [-0.25, -0.2) is 8.78 Å². The van der Waals surface area contributed by atoms with Crippen molar-refractivity contribution in [3.05, 3.63) is 47.5 Å². The molecule has 3 heteroatoms. The number of rotatable bonds is 9. The van der Waals surface area contributed by atoms with Crippen LogP contribution in [0.3, 0.4) is 0 Å². The molecule has 0 aliphatic heterocycles. The summed E-state index contributed by atoms with van der Waals surface area (Å²) in [6.07, 6.45) is 20.0. The number of nitriles is 1. The molecule has 0 spiro atoms. The van der Waals surface area contributed by atoms with Crippen LogP contribution in [0, 0.1) is 34.9 Å². The van der Waals surface area contributed by atoms with Crippen molar-refractivity contribution in [2.24, 2.45) is 17.8 Å². The molecule has 0 amide bonds. The molecule has 1 aromatic carbocycles. The first-order valence-corrected chi connectivity index (χ1v) is 12.2. The van der Waals surface area contributed by atoms with E-state index in [1.54, 1.807) is 18.2 Å². The Morgan fingerprint density at radius 1 is 0.900 bits per heavy atom. The van der Waals surface area contributed by atoms with Gasteiger partial charge >= 0.3 is 0 Å². The van der Waals surface area contributed by atoms with Crippen LogP contribution in [0.2, 0.25) is 0 Å². The van der Waals surface area contributed by atoms with Crippen molar-refractivity contribution < 1.29 is 8.78 Å². The lowest BCUT2D eigenvalue weighted by atomic mass is 9.68. The van der Waals surface area contributed by atoms with Gasteiger partial charge in [0.25, 0.3) is 0 Å². The lowest BCUT2D eigenvalue weighted by Crippen LogP contribution is -2.25. The van der Waals surface area contributed by atoms with Gasteiger partial charge in [-0.05, 0) is 92.7 Å². The Morgan fingerprint density at radius 2 is 1.57 bits per heavy atom. The van der Waals surface area contributed by atoms with Crippen LogP contribution in [0.25, 0.3) is 0 Å². The van der Waals surface area contributed by atoms with Gasteiger partial charge in [-0.15, -0.1) is 0 Å². The van der Waals surface area contributed by atoms with E-state index in [1.807, 2.05) is 12.1 Å². The summed E-state index contributed by atoms with van der Waals surface area (Å²) >= 11 is 0. The number of allylic oxidation sites excluding steroid dienone is 1. The van der Waals surface area contributed by atoms with Crippen molar-refractivity contribution in [1.82, 2.24) is 0 Å². The fourth-order valence-corrected chi connectivity index (χ4v) is 5.86. The van der Waals surface area contributed by atoms with E-state index in [1.165, 1.54) is 64.2 Å². The maximum Gasteiger partial charge on any atom is 0.141 e. The molecule has 2 fully saturated rings. The molecule has 0 bridgehead atoms. The summed E-state index contributed by atoms with van der Waals surface area (Å²) in [5.74, 6) is 2.76. The van der Waals surface area contributed by atoms with Gasteiger partial charge in [-0.2, -0.15) is 5.26 Å². The van der Waals surface area contributed by atoms with Gasteiger partial charge in [-0.3, -0.25) is 0 Å². The average molecular weight is 414 g/mol. The average Bonchev–Trinajstić information content (AvgIpc) is 2.79. The number of hydrogen-bond donors (Lipinski definition) is 0. The van der Waals surface area contributed by atoms with Crippen LogP contribution < -0.4 is 0 Å². The maximum absolute atomic E-state index is 14.0. The molecule has 0 saturated heterocycles. The molecule has 0 atom stereocenters.